The Hall–Kier alpha value is -1.62. The molecule has 1 aromatic heterocycles. The fourth-order valence-electron chi connectivity index (χ4n) is 1.99. The second-order valence-corrected chi connectivity index (χ2v) is 6.27. The van der Waals surface area contributed by atoms with Gasteiger partial charge in [0.25, 0.3) is 0 Å². The van der Waals surface area contributed by atoms with E-state index in [0.717, 1.165) is 28.7 Å². The lowest BCUT2D eigenvalue weighted by Crippen LogP contribution is -2.18. The monoisotopic (exact) mass is 277 g/mol. The number of rotatable bonds is 5. The molecule has 1 aromatic carbocycles. The van der Waals surface area contributed by atoms with Gasteiger partial charge in [0.1, 0.15) is 0 Å². The van der Waals surface area contributed by atoms with E-state index < -0.39 is 10.8 Å². The number of aromatic nitrogens is 1. The zero-order valence-electron chi connectivity index (χ0n) is 11.2. The Kier molecular flexibility index (Phi) is 4.37. The van der Waals surface area contributed by atoms with Crippen molar-refractivity contribution in [3.8, 4) is 0 Å². The zero-order valence-corrected chi connectivity index (χ0v) is 12.0. The van der Waals surface area contributed by atoms with Crippen LogP contribution in [0.3, 0.4) is 0 Å². The molecule has 19 heavy (non-hydrogen) atoms. The predicted molar refractivity (Wildman–Crippen MR) is 82.8 cm³/mol. The van der Waals surface area contributed by atoms with Crippen molar-refractivity contribution in [2.45, 2.75) is 19.4 Å². The maximum atomic E-state index is 11.1. The number of anilines is 2. The second-order valence-electron chi connectivity index (χ2n) is 4.71. The molecule has 5 heteroatoms. The number of nitrogen functional groups attached to an aromatic ring is 1. The lowest BCUT2D eigenvalue weighted by Gasteiger charge is -2.16. The average Bonchev–Trinajstić information content (AvgIpc) is 2.40. The fraction of sp³-hybridized carbons (Fsp3) is 0.357. The highest BCUT2D eigenvalue weighted by atomic mass is 32.2. The molecule has 1 heterocycles. The number of hydrogen-bond acceptors (Lipinski definition) is 4. The Morgan fingerprint density at radius 1 is 1.42 bits per heavy atom. The molecule has 0 aliphatic heterocycles. The number of pyridine rings is 1. The van der Waals surface area contributed by atoms with Crippen molar-refractivity contribution < 1.29 is 4.21 Å². The average molecular weight is 277 g/mol. The number of nitrogens with zero attached hydrogens (tertiary/aromatic N) is 1. The van der Waals surface area contributed by atoms with E-state index in [4.69, 9.17) is 5.73 Å². The van der Waals surface area contributed by atoms with Crippen molar-refractivity contribution in [1.29, 1.82) is 0 Å². The molecule has 0 fully saturated rings. The largest absolute Gasteiger partial charge is 0.398 e. The number of nitrogens with two attached hydrogens (primary N) is 1. The first-order valence-corrected chi connectivity index (χ1v) is 8.00. The van der Waals surface area contributed by atoms with Gasteiger partial charge >= 0.3 is 0 Å². The van der Waals surface area contributed by atoms with Crippen LogP contribution in [0.15, 0.2) is 30.5 Å². The van der Waals surface area contributed by atoms with Crippen LogP contribution in [0.2, 0.25) is 0 Å². The van der Waals surface area contributed by atoms with Crippen molar-refractivity contribution in [2.24, 2.45) is 0 Å². The van der Waals surface area contributed by atoms with Gasteiger partial charge in [0.05, 0.1) is 11.2 Å². The molecule has 102 valence electrons. The summed E-state index contributed by atoms with van der Waals surface area (Å²) in [5, 5.41) is 4.37. The standard InChI is InChI=1S/C14H19N3OS/c1-10(7-9-19(2)18)17-13-6-5-12(15)11-4-3-8-16-14(11)13/h3-6,8,10,17H,7,9,15H2,1-2H3. The molecule has 2 aromatic rings. The summed E-state index contributed by atoms with van der Waals surface area (Å²) in [4.78, 5) is 4.39. The molecule has 2 rings (SSSR count). The third-order valence-corrected chi connectivity index (χ3v) is 3.85. The minimum absolute atomic E-state index is 0.248. The molecule has 0 aliphatic rings. The summed E-state index contributed by atoms with van der Waals surface area (Å²) < 4.78 is 11.1. The molecule has 2 atom stereocenters. The van der Waals surface area contributed by atoms with Gasteiger partial charge in [-0.25, -0.2) is 0 Å². The van der Waals surface area contributed by atoms with E-state index in [1.54, 1.807) is 12.5 Å². The minimum Gasteiger partial charge on any atom is -0.398 e. The number of fused-ring (bicyclic) bond motifs is 1. The first-order valence-electron chi connectivity index (χ1n) is 6.27. The van der Waals surface area contributed by atoms with Gasteiger partial charge in [0, 0.05) is 46.1 Å². The fourth-order valence-corrected chi connectivity index (χ4v) is 2.68. The van der Waals surface area contributed by atoms with Crippen LogP contribution in [0.1, 0.15) is 13.3 Å². The smallest absolute Gasteiger partial charge is 0.0953 e. The van der Waals surface area contributed by atoms with Gasteiger partial charge in [-0.3, -0.25) is 9.19 Å². The van der Waals surface area contributed by atoms with E-state index in [0.29, 0.717) is 5.75 Å². The summed E-state index contributed by atoms with van der Waals surface area (Å²) in [5.74, 6) is 0.703. The lowest BCUT2D eigenvalue weighted by molar-refractivity contribution is 0.678. The number of hydrogen-bond donors (Lipinski definition) is 2. The Bertz CT molecular complexity index is 600. The van der Waals surface area contributed by atoms with Gasteiger partial charge in [0.15, 0.2) is 0 Å². The molecule has 2 unspecified atom stereocenters. The van der Waals surface area contributed by atoms with Gasteiger partial charge in [0.2, 0.25) is 0 Å². The molecule has 4 nitrogen and oxygen atoms in total. The molecule has 3 N–H and O–H groups in total. The molecule has 0 radical (unpaired) electrons. The van der Waals surface area contributed by atoms with Gasteiger partial charge in [-0.05, 0) is 37.6 Å². The third kappa shape index (κ3) is 3.44. The third-order valence-electron chi connectivity index (χ3n) is 3.04. The van der Waals surface area contributed by atoms with Crippen molar-refractivity contribution >= 4 is 33.1 Å². The van der Waals surface area contributed by atoms with Crippen LogP contribution in [0.25, 0.3) is 10.9 Å². The SMILES string of the molecule is CC(CCS(C)=O)Nc1ccc(N)c2cccnc12. The Balaban J connectivity index is 2.21. The van der Waals surface area contributed by atoms with E-state index in [-0.39, 0.29) is 6.04 Å². The Morgan fingerprint density at radius 3 is 2.95 bits per heavy atom. The number of nitrogens with one attached hydrogen (secondary N) is 1. The lowest BCUT2D eigenvalue weighted by atomic mass is 10.1. The summed E-state index contributed by atoms with van der Waals surface area (Å²) in [6.45, 7) is 2.08. The number of benzene rings is 1. The van der Waals surface area contributed by atoms with E-state index in [2.05, 4.69) is 17.2 Å². The van der Waals surface area contributed by atoms with Crippen LogP contribution in [-0.4, -0.2) is 27.2 Å². The van der Waals surface area contributed by atoms with Crippen LogP contribution in [-0.2, 0) is 10.8 Å². The minimum atomic E-state index is -0.751. The van der Waals surface area contributed by atoms with E-state index >= 15 is 0 Å². The molecular formula is C14H19N3OS. The predicted octanol–water partition coefficient (Wildman–Crippen LogP) is 2.39. The summed E-state index contributed by atoms with van der Waals surface area (Å²) >= 11 is 0. The van der Waals surface area contributed by atoms with E-state index in [9.17, 15) is 4.21 Å². The molecular weight excluding hydrogens is 258 g/mol. The molecule has 0 saturated carbocycles. The van der Waals surface area contributed by atoms with Gasteiger partial charge in [-0.2, -0.15) is 0 Å². The highest BCUT2D eigenvalue weighted by Gasteiger charge is 2.08. The quantitative estimate of drug-likeness (QED) is 0.823. The summed E-state index contributed by atoms with van der Waals surface area (Å²) in [6.07, 6.45) is 4.35. The van der Waals surface area contributed by atoms with Crippen LogP contribution >= 0.6 is 0 Å². The second kappa shape index (κ2) is 6.02. The van der Waals surface area contributed by atoms with E-state index in [1.807, 2.05) is 24.3 Å². The summed E-state index contributed by atoms with van der Waals surface area (Å²) in [6, 6.07) is 7.93. The first kappa shape index (κ1) is 13.8. The van der Waals surface area contributed by atoms with E-state index in [1.165, 1.54) is 0 Å². The maximum Gasteiger partial charge on any atom is 0.0953 e. The molecule has 0 saturated heterocycles. The normalized spacial score (nSPS) is 14.2. The van der Waals surface area contributed by atoms with Crippen molar-refractivity contribution in [1.82, 2.24) is 4.98 Å². The maximum absolute atomic E-state index is 11.1. The highest BCUT2D eigenvalue weighted by molar-refractivity contribution is 7.84. The van der Waals surface area contributed by atoms with Gasteiger partial charge in [-0.1, -0.05) is 0 Å². The highest BCUT2D eigenvalue weighted by Crippen LogP contribution is 2.26. The van der Waals surface area contributed by atoms with Crippen LogP contribution < -0.4 is 11.1 Å². The zero-order chi connectivity index (χ0) is 13.8. The van der Waals surface area contributed by atoms with Crippen LogP contribution in [0.4, 0.5) is 11.4 Å². The van der Waals surface area contributed by atoms with Crippen LogP contribution in [0.5, 0.6) is 0 Å². The summed E-state index contributed by atoms with van der Waals surface area (Å²) in [7, 11) is -0.751. The topological polar surface area (TPSA) is 68.0 Å². The summed E-state index contributed by atoms with van der Waals surface area (Å²) in [5.41, 5.74) is 8.53. The van der Waals surface area contributed by atoms with Gasteiger partial charge in [-0.15, -0.1) is 0 Å². The van der Waals surface area contributed by atoms with Crippen molar-refractivity contribution in [3.63, 3.8) is 0 Å². The first-order chi connectivity index (χ1) is 9.08. The Morgan fingerprint density at radius 2 is 2.21 bits per heavy atom. The van der Waals surface area contributed by atoms with Crippen LogP contribution in [0, 0.1) is 0 Å². The molecule has 0 spiro atoms. The molecule has 0 bridgehead atoms. The van der Waals surface area contributed by atoms with Crippen molar-refractivity contribution in [3.05, 3.63) is 30.5 Å². The van der Waals surface area contributed by atoms with Gasteiger partial charge < -0.3 is 11.1 Å². The molecule has 0 aliphatic carbocycles. The van der Waals surface area contributed by atoms with Crippen molar-refractivity contribution in [2.75, 3.05) is 23.1 Å². The molecule has 0 amide bonds. The Labute approximate surface area is 115 Å².